The largest absolute Gasteiger partial charge is 0.491 e. The van der Waals surface area contributed by atoms with Gasteiger partial charge in [-0.05, 0) is 57.2 Å². The maximum Gasteiger partial charge on any atom is 0.415 e. The van der Waals surface area contributed by atoms with Gasteiger partial charge < -0.3 is 19.1 Å². The lowest BCUT2D eigenvalue weighted by Gasteiger charge is -2.40. The molecule has 0 spiro atoms. The fourth-order valence-electron chi connectivity index (χ4n) is 3.14. The van der Waals surface area contributed by atoms with Gasteiger partial charge in [-0.3, -0.25) is 4.90 Å². The van der Waals surface area contributed by atoms with Crippen molar-refractivity contribution in [3.05, 3.63) is 59.4 Å². The molecule has 2 aromatic rings. The summed E-state index contributed by atoms with van der Waals surface area (Å²) < 4.78 is 30.1. The van der Waals surface area contributed by atoms with Gasteiger partial charge in [0.15, 0.2) is 0 Å². The van der Waals surface area contributed by atoms with Crippen LogP contribution < -0.4 is 9.47 Å². The fraction of sp³-hybridized carbons (Fsp3) is 0.391. The number of amides is 2. The minimum Gasteiger partial charge on any atom is -0.491 e. The van der Waals surface area contributed by atoms with Crippen molar-refractivity contribution in [2.24, 2.45) is 0 Å². The van der Waals surface area contributed by atoms with Crippen molar-refractivity contribution in [2.75, 3.05) is 26.2 Å². The van der Waals surface area contributed by atoms with E-state index in [4.69, 9.17) is 25.8 Å². The Morgan fingerprint density at radius 1 is 1.06 bits per heavy atom. The number of rotatable bonds is 4. The molecule has 3 rings (SSSR count). The Kier molecular flexibility index (Phi) is 7.45. The van der Waals surface area contributed by atoms with Crippen molar-refractivity contribution < 1.29 is 28.2 Å². The molecule has 0 bridgehead atoms. The molecule has 2 amide bonds. The van der Waals surface area contributed by atoms with E-state index in [0.717, 1.165) is 0 Å². The predicted molar refractivity (Wildman–Crippen MR) is 118 cm³/mol. The first-order valence-corrected chi connectivity index (χ1v) is 10.6. The quantitative estimate of drug-likeness (QED) is 0.638. The number of hydrogen-bond acceptors (Lipinski definition) is 5. The van der Waals surface area contributed by atoms with Crippen LogP contribution in [0.15, 0.2) is 48.5 Å². The van der Waals surface area contributed by atoms with Crippen LogP contribution in [0.1, 0.15) is 20.8 Å². The van der Waals surface area contributed by atoms with Crippen LogP contribution in [-0.2, 0) is 4.74 Å². The minimum atomic E-state index is -0.644. The lowest BCUT2D eigenvalue weighted by molar-refractivity contribution is 0.000837. The van der Waals surface area contributed by atoms with E-state index in [0.29, 0.717) is 16.5 Å². The first-order valence-electron chi connectivity index (χ1n) is 10.2. The van der Waals surface area contributed by atoms with Crippen molar-refractivity contribution >= 4 is 23.8 Å². The van der Waals surface area contributed by atoms with Gasteiger partial charge in [-0.1, -0.05) is 17.7 Å². The van der Waals surface area contributed by atoms with Gasteiger partial charge in [-0.25, -0.2) is 14.0 Å². The van der Waals surface area contributed by atoms with Crippen LogP contribution in [0.3, 0.4) is 0 Å². The molecule has 1 unspecified atom stereocenters. The molecule has 2 aromatic carbocycles. The Labute approximate surface area is 191 Å². The van der Waals surface area contributed by atoms with E-state index in [2.05, 4.69) is 0 Å². The van der Waals surface area contributed by atoms with Gasteiger partial charge in [0, 0.05) is 30.7 Å². The van der Waals surface area contributed by atoms with Gasteiger partial charge in [-0.15, -0.1) is 0 Å². The second-order valence-electron chi connectivity index (χ2n) is 8.36. The number of carbonyl (C=O) groups is 2. The summed E-state index contributed by atoms with van der Waals surface area (Å²) in [5.41, 5.74) is -0.644. The Hall–Kier alpha value is -3.00. The maximum absolute atomic E-state index is 13.5. The van der Waals surface area contributed by atoms with Crippen LogP contribution in [0.5, 0.6) is 11.5 Å². The van der Waals surface area contributed by atoms with E-state index < -0.39 is 29.6 Å². The van der Waals surface area contributed by atoms with Gasteiger partial charge in [0.05, 0.1) is 6.04 Å². The van der Waals surface area contributed by atoms with Crippen LogP contribution in [-0.4, -0.2) is 59.9 Å². The third-order valence-corrected chi connectivity index (χ3v) is 4.88. The molecule has 1 saturated heterocycles. The number of hydrogen-bond donors (Lipinski definition) is 0. The minimum absolute atomic E-state index is 0.0401. The lowest BCUT2D eigenvalue weighted by atomic mass is 10.2. The molecule has 32 heavy (non-hydrogen) atoms. The van der Waals surface area contributed by atoms with E-state index >= 15 is 0 Å². The number of halogens is 2. The van der Waals surface area contributed by atoms with Gasteiger partial charge in [0.1, 0.15) is 29.5 Å². The lowest BCUT2D eigenvalue weighted by Crippen LogP contribution is -2.59. The summed E-state index contributed by atoms with van der Waals surface area (Å²) in [5.74, 6) is 0.240. The van der Waals surface area contributed by atoms with Crippen molar-refractivity contribution in [3.63, 3.8) is 0 Å². The van der Waals surface area contributed by atoms with Gasteiger partial charge in [0.2, 0.25) is 0 Å². The molecular weight excluding hydrogens is 439 g/mol. The van der Waals surface area contributed by atoms with Crippen LogP contribution in [0.4, 0.5) is 14.0 Å². The summed E-state index contributed by atoms with van der Waals surface area (Å²) in [6.45, 7) is 6.09. The van der Waals surface area contributed by atoms with Crippen molar-refractivity contribution in [3.8, 4) is 11.5 Å². The van der Waals surface area contributed by atoms with E-state index in [1.54, 1.807) is 51.1 Å². The fourth-order valence-corrected chi connectivity index (χ4v) is 3.27. The highest BCUT2D eigenvalue weighted by molar-refractivity contribution is 6.30. The number of piperazine rings is 1. The van der Waals surface area contributed by atoms with Crippen molar-refractivity contribution in [1.82, 2.24) is 9.80 Å². The van der Waals surface area contributed by atoms with Crippen LogP contribution in [0, 0.1) is 5.82 Å². The summed E-state index contributed by atoms with van der Waals surface area (Å²) in [6.07, 6.45) is -1.05. The molecule has 0 radical (unpaired) electrons. The standard InChI is InChI=1S/C23H26ClFN2O5/c1-23(2,3)32-21(28)26-11-12-27(22(29)31-19-9-7-16(24)8-10-19)18(14-26)15-30-20-6-4-5-17(25)13-20/h4-10,13,18H,11-12,14-15H2,1-3H3. The Morgan fingerprint density at radius 3 is 2.44 bits per heavy atom. The predicted octanol–water partition coefficient (Wildman–Crippen LogP) is 4.98. The second kappa shape index (κ2) is 10.1. The van der Waals surface area contributed by atoms with E-state index in [-0.39, 0.29) is 26.2 Å². The number of benzene rings is 2. The Morgan fingerprint density at radius 2 is 1.78 bits per heavy atom. The highest BCUT2D eigenvalue weighted by Gasteiger charge is 2.36. The molecule has 1 atom stereocenters. The molecule has 0 aliphatic carbocycles. The monoisotopic (exact) mass is 464 g/mol. The van der Waals surface area contributed by atoms with E-state index in [1.165, 1.54) is 28.0 Å². The van der Waals surface area contributed by atoms with Crippen molar-refractivity contribution in [1.29, 1.82) is 0 Å². The molecule has 0 saturated carbocycles. The third-order valence-electron chi connectivity index (χ3n) is 4.63. The molecule has 0 aromatic heterocycles. The molecule has 1 aliphatic heterocycles. The highest BCUT2D eigenvalue weighted by atomic mass is 35.5. The average molecular weight is 465 g/mol. The summed E-state index contributed by atoms with van der Waals surface area (Å²) in [7, 11) is 0. The number of ether oxygens (including phenoxy) is 3. The van der Waals surface area contributed by atoms with Crippen LogP contribution in [0.2, 0.25) is 5.02 Å². The Bertz CT molecular complexity index is 948. The van der Waals surface area contributed by atoms with Crippen LogP contribution >= 0.6 is 11.6 Å². The van der Waals surface area contributed by atoms with E-state index in [1.807, 2.05) is 0 Å². The smallest absolute Gasteiger partial charge is 0.415 e. The summed E-state index contributed by atoms with van der Waals surface area (Å²) >= 11 is 5.88. The summed E-state index contributed by atoms with van der Waals surface area (Å²) in [6, 6.07) is 11.6. The van der Waals surface area contributed by atoms with Gasteiger partial charge in [0.25, 0.3) is 0 Å². The number of nitrogens with zero attached hydrogens (tertiary/aromatic N) is 2. The molecule has 1 heterocycles. The normalized spacial score (nSPS) is 16.5. The van der Waals surface area contributed by atoms with Crippen molar-refractivity contribution in [2.45, 2.75) is 32.4 Å². The zero-order valence-corrected chi connectivity index (χ0v) is 19.0. The number of carbonyl (C=O) groups excluding carboxylic acids is 2. The van der Waals surface area contributed by atoms with E-state index in [9.17, 15) is 14.0 Å². The van der Waals surface area contributed by atoms with Crippen LogP contribution in [0.25, 0.3) is 0 Å². The van der Waals surface area contributed by atoms with Gasteiger partial charge in [-0.2, -0.15) is 0 Å². The molecule has 1 fully saturated rings. The zero-order valence-electron chi connectivity index (χ0n) is 18.2. The molecule has 172 valence electrons. The molecule has 7 nitrogen and oxygen atoms in total. The summed E-state index contributed by atoms with van der Waals surface area (Å²) in [4.78, 5) is 28.4. The average Bonchev–Trinajstić information content (AvgIpc) is 2.72. The Balaban J connectivity index is 1.72. The molecule has 9 heteroatoms. The summed E-state index contributed by atoms with van der Waals surface area (Å²) in [5, 5.41) is 0.525. The third kappa shape index (κ3) is 6.75. The SMILES string of the molecule is CC(C)(C)OC(=O)N1CCN(C(=O)Oc2ccc(Cl)cc2)C(COc2cccc(F)c2)C1. The first kappa shape index (κ1) is 23.7. The molecule has 0 N–H and O–H groups in total. The zero-order chi connectivity index (χ0) is 23.3. The molecule has 1 aliphatic rings. The topological polar surface area (TPSA) is 68.3 Å². The molecular formula is C23H26ClFN2O5. The highest BCUT2D eigenvalue weighted by Crippen LogP contribution is 2.21. The maximum atomic E-state index is 13.5. The van der Waals surface area contributed by atoms with Gasteiger partial charge >= 0.3 is 12.2 Å². The first-order chi connectivity index (χ1) is 15.1. The second-order valence-corrected chi connectivity index (χ2v) is 8.80.